The highest BCUT2D eigenvalue weighted by atomic mass is 32.2. The van der Waals surface area contributed by atoms with Gasteiger partial charge in [0.1, 0.15) is 0 Å². The van der Waals surface area contributed by atoms with Crippen molar-refractivity contribution in [2.75, 3.05) is 20.2 Å². The summed E-state index contributed by atoms with van der Waals surface area (Å²) in [6.45, 7) is 6.15. The molecule has 0 aromatic heterocycles. The molecule has 1 atom stereocenters. The lowest BCUT2D eigenvalue weighted by Gasteiger charge is -2.16. The number of benzene rings is 2. The first-order valence-electron chi connectivity index (χ1n) is 8.72. The first-order valence-corrected chi connectivity index (χ1v) is 9.60. The Balaban J connectivity index is 1.94. The van der Waals surface area contributed by atoms with Crippen LogP contribution in [0.2, 0.25) is 0 Å². The second-order valence-corrected chi connectivity index (χ2v) is 7.30. The number of nitrogens with zero attached hydrogens (tertiary/aromatic N) is 1. The van der Waals surface area contributed by atoms with Crippen LogP contribution < -0.4 is 15.4 Å². The third kappa shape index (κ3) is 6.19. The van der Waals surface area contributed by atoms with E-state index in [1.807, 2.05) is 36.9 Å². The minimum absolute atomic E-state index is 0.141. The smallest absolute Gasteiger partial charge is 0.191 e. The average molecular weight is 374 g/mol. The Morgan fingerprint density at radius 2 is 1.92 bits per heavy atom. The number of aliphatic imine (C=N–C) groups is 1. The highest BCUT2D eigenvalue weighted by Gasteiger charge is 2.08. The Morgan fingerprint density at radius 3 is 2.62 bits per heavy atom. The van der Waals surface area contributed by atoms with Crippen molar-refractivity contribution in [3.63, 3.8) is 0 Å². The monoisotopic (exact) mass is 373 g/mol. The molecule has 0 spiro atoms. The first kappa shape index (κ1) is 20.0. The van der Waals surface area contributed by atoms with Crippen LogP contribution in [-0.4, -0.2) is 36.5 Å². The third-order valence-corrected chi connectivity index (χ3v) is 4.81. The van der Waals surface area contributed by atoms with Crippen molar-refractivity contribution >= 4 is 17.7 Å². The predicted octanol–water partition coefficient (Wildman–Crippen LogP) is 3.64. The van der Waals surface area contributed by atoms with E-state index in [9.17, 15) is 5.11 Å². The molecule has 0 amide bonds. The van der Waals surface area contributed by atoms with Crippen molar-refractivity contribution in [3.8, 4) is 11.5 Å². The summed E-state index contributed by atoms with van der Waals surface area (Å²) in [5, 5.41) is 17.2. The van der Waals surface area contributed by atoms with E-state index in [0.717, 1.165) is 24.6 Å². The molecule has 0 fully saturated rings. The SMILES string of the molecule is CCNC(=NCc1cccc(OC)c1O)NCC(C)Sc1ccccc1. The second kappa shape index (κ2) is 10.6. The highest BCUT2D eigenvalue weighted by Crippen LogP contribution is 2.29. The molecule has 26 heavy (non-hydrogen) atoms. The van der Waals surface area contributed by atoms with Crippen molar-refractivity contribution in [2.24, 2.45) is 4.99 Å². The van der Waals surface area contributed by atoms with E-state index in [4.69, 9.17) is 4.74 Å². The summed E-state index contributed by atoms with van der Waals surface area (Å²) in [5.41, 5.74) is 0.730. The van der Waals surface area contributed by atoms with Gasteiger partial charge in [-0.3, -0.25) is 0 Å². The fraction of sp³-hybridized carbons (Fsp3) is 0.350. The number of para-hydroxylation sites is 1. The molecule has 0 aliphatic heterocycles. The van der Waals surface area contributed by atoms with Gasteiger partial charge in [-0.15, -0.1) is 11.8 Å². The van der Waals surface area contributed by atoms with Crippen molar-refractivity contribution in [3.05, 3.63) is 54.1 Å². The van der Waals surface area contributed by atoms with Crippen LogP contribution in [0.15, 0.2) is 58.4 Å². The van der Waals surface area contributed by atoms with Gasteiger partial charge in [0, 0.05) is 28.8 Å². The van der Waals surface area contributed by atoms with E-state index in [-0.39, 0.29) is 5.75 Å². The summed E-state index contributed by atoms with van der Waals surface area (Å²) in [6, 6.07) is 15.8. The summed E-state index contributed by atoms with van der Waals surface area (Å²) >= 11 is 1.82. The van der Waals surface area contributed by atoms with Gasteiger partial charge in [0.15, 0.2) is 17.5 Å². The molecule has 2 aromatic carbocycles. The Hall–Kier alpha value is -2.34. The molecular weight excluding hydrogens is 346 g/mol. The normalized spacial score (nSPS) is 12.5. The maximum absolute atomic E-state index is 10.2. The van der Waals surface area contributed by atoms with E-state index in [1.54, 1.807) is 13.2 Å². The van der Waals surface area contributed by atoms with Gasteiger partial charge in [-0.1, -0.05) is 37.3 Å². The molecule has 6 heteroatoms. The Labute approximate surface area is 159 Å². The maximum Gasteiger partial charge on any atom is 0.191 e. The van der Waals surface area contributed by atoms with Gasteiger partial charge in [-0.05, 0) is 25.1 Å². The fourth-order valence-electron chi connectivity index (χ4n) is 2.38. The lowest BCUT2D eigenvalue weighted by atomic mass is 10.2. The summed E-state index contributed by atoms with van der Waals surface area (Å²) < 4.78 is 5.14. The van der Waals surface area contributed by atoms with E-state index < -0.39 is 0 Å². The Bertz CT molecular complexity index is 707. The van der Waals surface area contributed by atoms with E-state index in [0.29, 0.717) is 17.5 Å². The molecular formula is C20H27N3O2S. The topological polar surface area (TPSA) is 65.9 Å². The van der Waals surface area contributed by atoms with Gasteiger partial charge in [-0.2, -0.15) is 0 Å². The van der Waals surface area contributed by atoms with Crippen LogP contribution in [0, 0.1) is 0 Å². The molecule has 5 nitrogen and oxygen atoms in total. The summed E-state index contributed by atoms with van der Waals surface area (Å²) in [7, 11) is 1.54. The zero-order valence-electron chi connectivity index (χ0n) is 15.5. The number of rotatable bonds is 8. The number of hydrogen-bond acceptors (Lipinski definition) is 4. The zero-order chi connectivity index (χ0) is 18.8. The summed E-state index contributed by atoms with van der Waals surface area (Å²) in [5.74, 6) is 1.33. The second-order valence-electron chi connectivity index (χ2n) is 5.79. The number of methoxy groups -OCH3 is 1. The molecule has 0 saturated carbocycles. The van der Waals surface area contributed by atoms with Crippen LogP contribution >= 0.6 is 11.8 Å². The standard InChI is InChI=1S/C20H27N3O2S/c1-4-21-20(22-13-15(2)26-17-10-6-5-7-11-17)23-14-16-9-8-12-18(25-3)19(16)24/h5-12,15,24H,4,13-14H2,1-3H3,(H2,21,22,23). The lowest BCUT2D eigenvalue weighted by molar-refractivity contribution is 0.370. The van der Waals surface area contributed by atoms with Gasteiger partial charge in [-0.25, -0.2) is 4.99 Å². The predicted molar refractivity (Wildman–Crippen MR) is 109 cm³/mol. The van der Waals surface area contributed by atoms with Crippen molar-refractivity contribution < 1.29 is 9.84 Å². The number of phenols is 1. The van der Waals surface area contributed by atoms with Crippen LogP contribution in [0.3, 0.4) is 0 Å². The number of hydrogen-bond donors (Lipinski definition) is 3. The number of guanidine groups is 1. The molecule has 0 aliphatic carbocycles. The van der Waals surface area contributed by atoms with Gasteiger partial charge >= 0.3 is 0 Å². The minimum atomic E-state index is 0.141. The van der Waals surface area contributed by atoms with E-state index in [2.05, 4.69) is 46.8 Å². The average Bonchev–Trinajstić information content (AvgIpc) is 2.66. The molecule has 3 N–H and O–H groups in total. The molecule has 0 heterocycles. The van der Waals surface area contributed by atoms with Crippen LogP contribution in [0.25, 0.3) is 0 Å². The van der Waals surface area contributed by atoms with Crippen LogP contribution in [0.1, 0.15) is 19.4 Å². The lowest BCUT2D eigenvalue weighted by Crippen LogP contribution is -2.40. The minimum Gasteiger partial charge on any atom is -0.504 e. The molecule has 0 saturated heterocycles. The van der Waals surface area contributed by atoms with Crippen molar-refractivity contribution in [1.29, 1.82) is 0 Å². The van der Waals surface area contributed by atoms with Crippen LogP contribution in [0.4, 0.5) is 0 Å². The highest BCUT2D eigenvalue weighted by molar-refractivity contribution is 8.00. The molecule has 0 aliphatic rings. The number of phenolic OH excluding ortho intramolecular Hbond substituents is 1. The van der Waals surface area contributed by atoms with Gasteiger partial charge in [0.05, 0.1) is 13.7 Å². The van der Waals surface area contributed by atoms with E-state index in [1.165, 1.54) is 4.90 Å². The van der Waals surface area contributed by atoms with E-state index >= 15 is 0 Å². The van der Waals surface area contributed by atoms with Gasteiger partial charge < -0.3 is 20.5 Å². The third-order valence-electron chi connectivity index (χ3n) is 3.69. The summed E-state index contributed by atoms with van der Waals surface area (Å²) in [4.78, 5) is 5.82. The van der Waals surface area contributed by atoms with Crippen LogP contribution in [-0.2, 0) is 6.54 Å². The maximum atomic E-state index is 10.2. The van der Waals surface area contributed by atoms with Crippen molar-refractivity contribution in [1.82, 2.24) is 10.6 Å². The number of thioether (sulfide) groups is 1. The quantitative estimate of drug-likeness (QED) is 0.375. The molecule has 0 bridgehead atoms. The number of ether oxygens (including phenoxy) is 1. The number of nitrogens with one attached hydrogen (secondary N) is 2. The number of aromatic hydroxyl groups is 1. The van der Waals surface area contributed by atoms with Gasteiger partial charge in [0.2, 0.25) is 0 Å². The van der Waals surface area contributed by atoms with Crippen molar-refractivity contribution in [2.45, 2.75) is 30.5 Å². The largest absolute Gasteiger partial charge is 0.504 e. The Kier molecular flexibility index (Phi) is 8.15. The molecule has 2 aromatic rings. The molecule has 140 valence electrons. The molecule has 1 unspecified atom stereocenters. The fourth-order valence-corrected chi connectivity index (χ4v) is 3.33. The first-order chi connectivity index (χ1) is 12.6. The van der Waals surface area contributed by atoms with Gasteiger partial charge in [0.25, 0.3) is 0 Å². The zero-order valence-corrected chi connectivity index (χ0v) is 16.3. The molecule has 2 rings (SSSR count). The Morgan fingerprint density at radius 1 is 1.15 bits per heavy atom. The summed E-state index contributed by atoms with van der Waals surface area (Å²) in [6.07, 6.45) is 0. The molecule has 0 radical (unpaired) electrons. The van der Waals surface area contributed by atoms with Crippen LogP contribution in [0.5, 0.6) is 11.5 Å².